The first-order valence-electron chi connectivity index (χ1n) is 9.70. The van der Waals surface area contributed by atoms with Crippen LogP contribution in [-0.2, 0) is 14.8 Å². The van der Waals surface area contributed by atoms with E-state index in [4.69, 9.17) is 32.1 Å². The molecule has 0 bridgehead atoms. The van der Waals surface area contributed by atoms with Crippen LogP contribution in [0.3, 0.4) is 0 Å². The molecule has 0 aliphatic rings. The number of fused-ring (bicyclic) bond motifs is 1. The van der Waals surface area contributed by atoms with Crippen molar-refractivity contribution in [2.75, 3.05) is 0 Å². The quantitative estimate of drug-likeness (QED) is 0.395. The van der Waals surface area contributed by atoms with Gasteiger partial charge in [0, 0.05) is 23.7 Å². The number of hydrogen-bond acceptors (Lipinski definition) is 2. The van der Waals surface area contributed by atoms with Gasteiger partial charge in [-0.3, -0.25) is 0 Å². The van der Waals surface area contributed by atoms with Crippen molar-refractivity contribution in [3.8, 4) is 11.1 Å². The molecule has 0 radical (unpaired) electrons. The number of halogens is 2. The Hall–Kier alpha value is -1.52. The zero-order valence-electron chi connectivity index (χ0n) is 16.8. The van der Waals surface area contributed by atoms with Crippen LogP contribution in [0.15, 0.2) is 42.5 Å². The Balaban J connectivity index is 2.38. The first-order valence-corrected chi connectivity index (χ1v) is 10.3. The van der Waals surface area contributed by atoms with E-state index in [0.717, 1.165) is 35.9 Å². The fourth-order valence-electron chi connectivity index (χ4n) is 4.32. The lowest BCUT2D eigenvalue weighted by molar-refractivity contribution is 0.493. The Morgan fingerprint density at radius 1 is 0.857 bits per heavy atom. The minimum absolute atomic E-state index is 0.821. The van der Waals surface area contributed by atoms with Gasteiger partial charge in [0.05, 0.1) is 0 Å². The van der Waals surface area contributed by atoms with Crippen molar-refractivity contribution in [1.82, 2.24) is 0 Å². The van der Waals surface area contributed by atoms with Gasteiger partial charge in [-0.1, -0.05) is 55.8 Å². The van der Waals surface area contributed by atoms with Crippen LogP contribution in [0.4, 0.5) is 0 Å². The van der Waals surface area contributed by atoms with E-state index in [1.165, 1.54) is 33.0 Å². The maximum atomic E-state index is 5.73. The summed E-state index contributed by atoms with van der Waals surface area (Å²) in [5.74, 6) is 0. The second-order valence-electron chi connectivity index (χ2n) is 7.28. The van der Waals surface area contributed by atoms with E-state index in [-0.39, 0.29) is 0 Å². The molecule has 5 heteroatoms. The third-order valence-electron chi connectivity index (χ3n) is 5.70. The lowest BCUT2D eigenvalue weighted by Gasteiger charge is -2.24. The van der Waals surface area contributed by atoms with Gasteiger partial charge in [-0.25, -0.2) is 0 Å². The van der Waals surface area contributed by atoms with Crippen molar-refractivity contribution in [3.05, 3.63) is 64.7 Å². The van der Waals surface area contributed by atoms with Crippen molar-refractivity contribution in [1.29, 1.82) is 0 Å². The zero-order valence-corrected chi connectivity index (χ0v) is 18.3. The SMILES string of the molecule is CCCCc1c(C)c(B(OCl)OCl)c(C)c(-c2cccc3ccccc23)c1C. The third kappa shape index (κ3) is 3.82. The molecule has 0 heterocycles. The first kappa shape index (κ1) is 21.2. The number of unbranched alkanes of at least 4 members (excludes halogenated alkanes) is 1. The van der Waals surface area contributed by atoms with Crippen LogP contribution in [0, 0.1) is 20.8 Å². The third-order valence-corrected chi connectivity index (χ3v) is 6.02. The largest absolute Gasteiger partial charge is 0.528 e. The monoisotopic (exact) mass is 414 g/mol. The Morgan fingerprint density at radius 2 is 1.54 bits per heavy atom. The van der Waals surface area contributed by atoms with Gasteiger partial charge >= 0.3 is 7.12 Å². The number of benzene rings is 3. The van der Waals surface area contributed by atoms with Crippen molar-refractivity contribution in [2.24, 2.45) is 0 Å². The fourth-order valence-corrected chi connectivity index (χ4v) is 4.61. The molecule has 2 nitrogen and oxygen atoms in total. The van der Waals surface area contributed by atoms with Gasteiger partial charge in [0.25, 0.3) is 0 Å². The highest BCUT2D eigenvalue weighted by molar-refractivity contribution is 6.68. The molecule has 28 heavy (non-hydrogen) atoms. The maximum absolute atomic E-state index is 5.73. The van der Waals surface area contributed by atoms with Crippen LogP contribution in [0.5, 0.6) is 0 Å². The smallest absolute Gasteiger partial charge is 0.301 e. The molecule has 0 amide bonds. The molecule has 0 saturated carbocycles. The zero-order chi connectivity index (χ0) is 20.3. The minimum atomic E-state index is -0.821. The molecule has 0 atom stereocenters. The molecule has 3 aromatic rings. The van der Waals surface area contributed by atoms with Crippen molar-refractivity contribution < 1.29 is 8.41 Å². The summed E-state index contributed by atoms with van der Waals surface area (Å²) in [5, 5.41) is 2.44. The van der Waals surface area contributed by atoms with Crippen LogP contribution >= 0.6 is 23.7 Å². The molecular formula is C23H25BCl2O2. The summed E-state index contributed by atoms with van der Waals surface area (Å²) >= 11 is 11.5. The average Bonchev–Trinajstić information content (AvgIpc) is 2.71. The molecule has 0 fully saturated rings. The normalized spacial score (nSPS) is 11.2. The summed E-state index contributed by atoms with van der Waals surface area (Å²) < 4.78 is 10.1. The topological polar surface area (TPSA) is 18.5 Å². The molecule has 3 aromatic carbocycles. The number of rotatable bonds is 7. The van der Waals surface area contributed by atoms with E-state index in [2.05, 4.69) is 70.2 Å². The molecular weight excluding hydrogens is 390 g/mol. The van der Waals surface area contributed by atoms with E-state index >= 15 is 0 Å². The summed E-state index contributed by atoms with van der Waals surface area (Å²) in [5.41, 5.74) is 8.15. The molecule has 0 unspecified atom stereocenters. The molecule has 0 N–H and O–H groups in total. The molecule has 0 saturated heterocycles. The maximum Gasteiger partial charge on any atom is 0.528 e. The summed E-state index contributed by atoms with van der Waals surface area (Å²) in [4.78, 5) is 0. The van der Waals surface area contributed by atoms with E-state index in [1.807, 2.05) is 0 Å². The van der Waals surface area contributed by atoms with E-state index < -0.39 is 7.12 Å². The summed E-state index contributed by atoms with van der Waals surface area (Å²) in [6.07, 6.45) is 3.25. The van der Waals surface area contributed by atoms with Crippen molar-refractivity contribution in [2.45, 2.75) is 47.0 Å². The Kier molecular flexibility index (Phi) is 7.06. The van der Waals surface area contributed by atoms with Gasteiger partial charge in [-0.05, 0) is 83.2 Å². The Labute approximate surface area is 178 Å². The lowest BCUT2D eigenvalue weighted by atomic mass is 9.69. The summed E-state index contributed by atoms with van der Waals surface area (Å²) in [6, 6.07) is 14.9. The Bertz CT molecular complexity index is 979. The van der Waals surface area contributed by atoms with Gasteiger partial charge in [0.1, 0.15) is 0 Å². The fraction of sp³-hybridized carbons (Fsp3) is 0.304. The van der Waals surface area contributed by atoms with E-state index in [0.29, 0.717) is 0 Å². The van der Waals surface area contributed by atoms with Crippen LogP contribution in [-0.4, -0.2) is 7.12 Å². The highest BCUT2D eigenvalue weighted by Crippen LogP contribution is 2.36. The summed E-state index contributed by atoms with van der Waals surface area (Å²) in [7, 11) is -0.821. The molecule has 0 aromatic heterocycles. The molecule has 146 valence electrons. The minimum Gasteiger partial charge on any atom is -0.301 e. The van der Waals surface area contributed by atoms with Crippen LogP contribution < -0.4 is 5.46 Å². The standard InChI is InChI=1S/C23H25BCl2O2/c1-5-6-12-19-15(2)22(17(4)23(16(19)3)24(27-25)28-26)21-14-9-11-18-10-7-8-13-20(18)21/h7-11,13-14H,5-6,12H2,1-4H3. The highest BCUT2D eigenvalue weighted by Gasteiger charge is 2.30. The molecule has 0 aliphatic heterocycles. The van der Waals surface area contributed by atoms with Gasteiger partial charge in [-0.2, -0.15) is 0 Å². The molecule has 0 aliphatic carbocycles. The first-order chi connectivity index (χ1) is 13.5. The van der Waals surface area contributed by atoms with Crippen molar-refractivity contribution >= 4 is 47.1 Å². The van der Waals surface area contributed by atoms with Gasteiger partial charge in [0.2, 0.25) is 0 Å². The second-order valence-corrected chi connectivity index (χ2v) is 7.64. The van der Waals surface area contributed by atoms with Gasteiger partial charge in [0.15, 0.2) is 0 Å². The van der Waals surface area contributed by atoms with Crippen LogP contribution in [0.1, 0.15) is 42.0 Å². The number of hydrogen-bond donors (Lipinski definition) is 0. The van der Waals surface area contributed by atoms with Crippen molar-refractivity contribution in [3.63, 3.8) is 0 Å². The lowest BCUT2D eigenvalue weighted by Crippen LogP contribution is -2.37. The molecule has 3 rings (SSSR count). The van der Waals surface area contributed by atoms with E-state index in [1.54, 1.807) is 0 Å². The van der Waals surface area contributed by atoms with E-state index in [9.17, 15) is 0 Å². The van der Waals surface area contributed by atoms with Crippen LogP contribution in [0.2, 0.25) is 0 Å². The van der Waals surface area contributed by atoms with Gasteiger partial charge < -0.3 is 8.41 Å². The highest BCUT2D eigenvalue weighted by atomic mass is 35.5. The Morgan fingerprint density at radius 3 is 2.21 bits per heavy atom. The molecule has 0 spiro atoms. The second kappa shape index (κ2) is 9.32. The van der Waals surface area contributed by atoms with Crippen LogP contribution in [0.25, 0.3) is 21.9 Å². The predicted molar refractivity (Wildman–Crippen MR) is 121 cm³/mol. The summed E-state index contributed by atoms with van der Waals surface area (Å²) in [6.45, 7) is 8.61. The predicted octanol–water partition coefficient (Wildman–Crippen LogP) is 6.81. The average molecular weight is 415 g/mol. The van der Waals surface area contributed by atoms with Gasteiger partial charge in [-0.15, -0.1) is 0 Å².